The highest BCUT2D eigenvalue weighted by Gasteiger charge is 1.98. The molecule has 1 rings (SSSR count). The molecular weight excluding hydrogens is 176 g/mol. The zero-order valence-electron chi connectivity index (χ0n) is 8.69. The number of carbonyl (C=O) groups excluding carboxylic acids is 1. The highest BCUT2D eigenvalue weighted by Crippen LogP contribution is 2.13. The molecule has 3 nitrogen and oxygen atoms in total. The first-order valence-corrected chi connectivity index (χ1v) is 4.41. The molecule has 0 bridgehead atoms. The lowest BCUT2D eigenvalue weighted by Crippen LogP contribution is -2.06. The molecule has 0 radical (unpaired) electrons. The number of ketones is 1. The molecule has 0 saturated heterocycles. The van der Waals surface area contributed by atoms with Crippen molar-refractivity contribution in [1.82, 2.24) is 4.90 Å². The van der Waals surface area contributed by atoms with Gasteiger partial charge in [0, 0.05) is 19.7 Å². The number of benzene rings is 1. The number of Topliss-reactive ketones (excluding diaryl/α,β-unsaturated/α-hetero) is 1. The molecule has 0 spiro atoms. The number of rotatable bonds is 3. The van der Waals surface area contributed by atoms with Gasteiger partial charge in [0.1, 0.15) is 0 Å². The Hall–Kier alpha value is -1.64. The topological polar surface area (TPSA) is 32.7 Å². The highest BCUT2D eigenvalue weighted by molar-refractivity contribution is 5.94. The molecule has 0 heterocycles. The van der Waals surface area contributed by atoms with E-state index in [-0.39, 0.29) is 5.78 Å². The van der Waals surface area contributed by atoms with Gasteiger partial charge in [0.2, 0.25) is 0 Å². The van der Waals surface area contributed by atoms with Gasteiger partial charge in [-0.3, -0.25) is 4.79 Å². The van der Waals surface area contributed by atoms with Crippen molar-refractivity contribution in [2.24, 2.45) is 4.99 Å². The lowest BCUT2D eigenvalue weighted by atomic mass is 10.1. The molecule has 0 aromatic heterocycles. The Kier molecular flexibility index (Phi) is 3.40. The zero-order chi connectivity index (χ0) is 10.6. The summed E-state index contributed by atoms with van der Waals surface area (Å²) < 4.78 is 0. The number of nitrogens with zero attached hydrogens (tertiary/aromatic N) is 2. The maximum atomic E-state index is 11.1. The van der Waals surface area contributed by atoms with Crippen LogP contribution in [0, 0.1) is 0 Å². The third-order valence-corrected chi connectivity index (χ3v) is 1.69. The maximum absolute atomic E-state index is 11.1. The Morgan fingerprint density at radius 3 is 2.71 bits per heavy atom. The van der Waals surface area contributed by atoms with E-state index in [0.717, 1.165) is 5.69 Å². The van der Waals surface area contributed by atoms with E-state index in [0.29, 0.717) is 5.56 Å². The van der Waals surface area contributed by atoms with E-state index < -0.39 is 0 Å². The molecule has 0 fully saturated rings. The second-order valence-electron chi connectivity index (χ2n) is 3.31. The SMILES string of the molecule is CC(=O)c1cccc(N=CN(C)C)c1. The van der Waals surface area contributed by atoms with Gasteiger partial charge in [0.05, 0.1) is 12.0 Å². The maximum Gasteiger partial charge on any atom is 0.159 e. The summed E-state index contributed by atoms with van der Waals surface area (Å²) in [6.07, 6.45) is 1.71. The van der Waals surface area contributed by atoms with Gasteiger partial charge in [-0.2, -0.15) is 0 Å². The molecule has 0 aliphatic heterocycles. The Bertz CT molecular complexity index is 356. The summed E-state index contributed by atoms with van der Waals surface area (Å²) in [5.74, 6) is 0.0619. The minimum atomic E-state index is 0.0619. The number of hydrogen-bond acceptors (Lipinski definition) is 2. The Morgan fingerprint density at radius 1 is 1.43 bits per heavy atom. The first-order chi connectivity index (χ1) is 6.59. The molecule has 0 aliphatic carbocycles. The molecule has 14 heavy (non-hydrogen) atoms. The molecule has 1 aromatic carbocycles. The van der Waals surface area contributed by atoms with Crippen molar-refractivity contribution in [2.75, 3.05) is 14.1 Å². The molecule has 0 N–H and O–H groups in total. The van der Waals surface area contributed by atoms with Gasteiger partial charge in [-0.15, -0.1) is 0 Å². The first-order valence-electron chi connectivity index (χ1n) is 4.41. The third-order valence-electron chi connectivity index (χ3n) is 1.69. The zero-order valence-corrected chi connectivity index (χ0v) is 8.69. The average Bonchev–Trinajstić information content (AvgIpc) is 2.15. The molecule has 0 unspecified atom stereocenters. The fourth-order valence-electron chi connectivity index (χ4n) is 0.987. The van der Waals surface area contributed by atoms with Crippen LogP contribution in [0.25, 0.3) is 0 Å². The van der Waals surface area contributed by atoms with E-state index in [1.807, 2.05) is 31.1 Å². The summed E-state index contributed by atoms with van der Waals surface area (Å²) in [5.41, 5.74) is 1.49. The summed E-state index contributed by atoms with van der Waals surface area (Å²) in [6, 6.07) is 7.27. The van der Waals surface area contributed by atoms with Crippen molar-refractivity contribution >= 4 is 17.8 Å². The smallest absolute Gasteiger partial charge is 0.159 e. The van der Waals surface area contributed by atoms with Crippen LogP contribution in [-0.4, -0.2) is 31.1 Å². The van der Waals surface area contributed by atoms with Gasteiger partial charge in [0.25, 0.3) is 0 Å². The van der Waals surface area contributed by atoms with Crippen molar-refractivity contribution in [3.8, 4) is 0 Å². The largest absolute Gasteiger partial charge is 0.369 e. The molecule has 0 atom stereocenters. The van der Waals surface area contributed by atoms with Crippen LogP contribution in [0.3, 0.4) is 0 Å². The first kappa shape index (κ1) is 10.4. The summed E-state index contributed by atoms with van der Waals surface area (Å²) in [6.45, 7) is 1.55. The van der Waals surface area contributed by atoms with Crippen LogP contribution < -0.4 is 0 Å². The van der Waals surface area contributed by atoms with E-state index in [2.05, 4.69) is 4.99 Å². The van der Waals surface area contributed by atoms with Crippen LogP contribution in [0.4, 0.5) is 5.69 Å². The van der Waals surface area contributed by atoms with Gasteiger partial charge >= 0.3 is 0 Å². The normalized spacial score (nSPS) is 10.5. The van der Waals surface area contributed by atoms with Crippen LogP contribution in [0.5, 0.6) is 0 Å². The molecule has 0 amide bonds. The number of carbonyl (C=O) groups is 1. The fraction of sp³-hybridized carbons (Fsp3) is 0.273. The van der Waals surface area contributed by atoms with Gasteiger partial charge in [0.15, 0.2) is 5.78 Å². The summed E-state index contributed by atoms with van der Waals surface area (Å²) >= 11 is 0. The summed E-state index contributed by atoms with van der Waals surface area (Å²) in [5, 5.41) is 0. The van der Waals surface area contributed by atoms with Gasteiger partial charge in [-0.05, 0) is 19.1 Å². The van der Waals surface area contributed by atoms with Gasteiger partial charge < -0.3 is 4.90 Å². The number of hydrogen-bond donors (Lipinski definition) is 0. The van der Waals surface area contributed by atoms with Crippen LogP contribution in [0.2, 0.25) is 0 Å². The van der Waals surface area contributed by atoms with Crippen molar-refractivity contribution in [3.63, 3.8) is 0 Å². The van der Waals surface area contributed by atoms with E-state index in [1.54, 1.807) is 25.4 Å². The number of aliphatic imine (C=N–C) groups is 1. The minimum absolute atomic E-state index is 0.0619. The molecule has 0 aliphatic rings. The quantitative estimate of drug-likeness (QED) is 0.415. The Balaban J connectivity index is 2.89. The molecule has 0 saturated carbocycles. The Morgan fingerprint density at radius 2 is 2.14 bits per heavy atom. The second-order valence-corrected chi connectivity index (χ2v) is 3.31. The highest BCUT2D eigenvalue weighted by atomic mass is 16.1. The van der Waals surface area contributed by atoms with E-state index in [9.17, 15) is 4.79 Å². The van der Waals surface area contributed by atoms with E-state index in [1.165, 1.54) is 0 Å². The van der Waals surface area contributed by atoms with Crippen molar-refractivity contribution in [2.45, 2.75) is 6.92 Å². The van der Waals surface area contributed by atoms with Crippen LogP contribution in [0.1, 0.15) is 17.3 Å². The molecule has 3 heteroatoms. The fourth-order valence-corrected chi connectivity index (χ4v) is 0.987. The molecule has 1 aromatic rings. The van der Waals surface area contributed by atoms with Crippen LogP contribution in [-0.2, 0) is 0 Å². The Labute approximate surface area is 84.1 Å². The molecular formula is C11H14N2O. The standard InChI is InChI=1S/C11H14N2O/c1-9(14)10-5-4-6-11(7-10)12-8-13(2)3/h4-8H,1-3H3. The second kappa shape index (κ2) is 4.56. The van der Waals surface area contributed by atoms with E-state index in [4.69, 9.17) is 0 Å². The minimum Gasteiger partial charge on any atom is -0.369 e. The van der Waals surface area contributed by atoms with Gasteiger partial charge in [-0.1, -0.05) is 12.1 Å². The lowest BCUT2D eigenvalue weighted by Gasteiger charge is -2.02. The average molecular weight is 190 g/mol. The molecule has 74 valence electrons. The van der Waals surface area contributed by atoms with Crippen LogP contribution in [0.15, 0.2) is 29.3 Å². The summed E-state index contributed by atoms with van der Waals surface area (Å²) in [4.78, 5) is 17.1. The van der Waals surface area contributed by atoms with Crippen molar-refractivity contribution in [1.29, 1.82) is 0 Å². The third kappa shape index (κ3) is 3.01. The van der Waals surface area contributed by atoms with Gasteiger partial charge in [-0.25, -0.2) is 4.99 Å². The van der Waals surface area contributed by atoms with E-state index >= 15 is 0 Å². The summed E-state index contributed by atoms with van der Waals surface area (Å²) in [7, 11) is 3.80. The van der Waals surface area contributed by atoms with Crippen LogP contribution >= 0.6 is 0 Å². The van der Waals surface area contributed by atoms with Crippen molar-refractivity contribution in [3.05, 3.63) is 29.8 Å². The predicted octanol–water partition coefficient (Wildman–Crippen LogP) is 2.11. The lowest BCUT2D eigenvalue weighted by molar-refractivity contribution is 0.101. The monoisotopic (exact) mass is 190 g/mol. The predicted molar refractivity (Wildman–Crippen MR) is 58.3 cm³/mol. The van der Waals surface area contributed by atoms with Crippen molar-refractivity contribution < 1.29 is 4.79 Å².